The van der Waals surface area contributed by atoms with Crippen LogP contribution >= 0.6 is 11.8 Å². The third-order valence-electron chi connectivity index (χ3n) is 5.03. The van der Waals surface area contributed by atoms with Crippen LogP contribution in [0.2, 0.25) is 0 Å². The predicted octanol–water partition coefficient (Wildman–Crippen LogP) is 3.03. The van der Waals surface area contributed by atoms with E-state index in [2.05, 4.69) is 10.8 Å². The molecule has 1 atom stereocenters. The number of carbonyl (C=O) groups is 1. The predicted molar refractivity (Wildman–Crippen MR) is 107 cm³/mol. The van der Waals surface area contributed by atoms with E-state index >= 15 is 0 Å². The van der Waals surface area contributed by atoms with Crippen molar-refractivity contribution >= 4 is 22.7 Å². The molecule has 2 aliphatic rings. The molecule has 1 spiro atoms. The molecule has 0 aromatic heterocycles. The number of amides is 1. The van der Waals surface area contributed by atoms with Crippen LogP contribution in [-0.2, 0) is 9.67 Å². The van der Waals surface area contributed by atoms with Gasteiger partial charge in [-0.2, -0.15) is 5.10 Å². The van der Waals surface area contributed by atoms with Gasteiger partial charge in [0.25, 0.3) is 0 Å². The molecule has 0 saturated carbocycles. The number of benzene rings is 2. The van der Waals surface area contributed by atoms with Gasteiger partial charge >= 0.3 is 0 Å². The molecule has 2 aliphatic heterocycles. The van der Waals surface area contributed by atoms with Crippen molar-refractivity contribution in [2.24, 2.45) is 5.10 Å². The number of hydrazone groups is 1. The van der Waals surface area contributed by atoms with Crippen LogP contribution in [-0.4, -0.2) is 29.1 Å². The van der Waals surface area contributed by atoms with Crippen molar-refractivity contribution < 1.29 is 19.7 Å². The van der Waals surface area contributed by atoms with Gasteiger partial charge < -0.3 is 10.5 Å². The van der Waals surface area contributed by atoms with Gasteiger partial charge in [0.1, 0.15) is 21.5 Å². The van der Waals surface area contributed by atoms with Crippen molar-refractivity contribution in [1.82, 2.24) is 5.01 Å². The first-order valence-corrected chi connectivity index (χ1v) is 10.3. The van der Waals surface area contributed by atoms with Gasteiger partial charge in [0.2, 0.25) is 5.91 Å². The Morgan fingerprint density at radius 1 is 1.36 bits per heavy atom. The lowest BCUT2D eigenvalue weighted by Crippen LogP contribution is -2.51. The number of rotatable bonds is 4. The summed E-state index contributed by atoms with van der Waals surface area (Å²) in [5, 5.41) is 6.73. The number of nitrogens with zero attached hydrogens (tertiary/aromatic N) is 2. The summed E-state index contributed by atoms with van der Waals surface area (Å²) in [7, 11) is 0. The third kappa shape index (κ3) is 3.18. The number of hydrogen-bond donors (Lipinski definition) is 1. The highest BCUT2D eigenvalue weighted by Gasteiger charge is 2.51. The van der Waals surface area contributed by atoms with Crippen LogP contribution in [0.1, 0.15) is 36.0 Å². The molecule has 5 nitrogen and oxygen atoms in total. The van der Waals surface area contributed by atoms with Gasteiger partial charge in [-0.25, -0.2) is 9.40 Å². The summed E-state index contributed by atoms with van der Waals surface area (Å²) >= 11 is 1.44. The van der Waals surface area contributed by atoms with Gasteiger partial charge in [-0.3, -0.25) is 4.79 Å². The monoisotopic (exact) mass is 400 g/mol. The molecule has 0 aliphatic carbocycles. The largest absolute Gasteiger partial charge is 0.493 e. The van der Waals surface area contributed by atoms with Crippen molar-refractivity contribution in [3.05, 3.63) is 65.0 Å². The molecule has 2 aromatic rings. The Hall–Kier alpha value is -2.38. The van der Waals surface area contributed by atoms with E-state index in [0.717, 1.165) is 16.9 Å². The molecule has 0 fully saturated rings. The molecule has 4 rings (SSSR count). The maximum absolute atomic E-state index is 14.6. The number of ether oxygens (including phenoxy) is 1. The van der Waals surface area contributed by atoms with E-state index in [0.29, 0.717) is 43.0 Å². The molecule has 0 saturated heterocycles. The zero-order chi connectivity index (χ0) is 19.7. The summed E-state index contributed by atoms with van der Waals surface area (Å²) in [6, 6.07) is 12.7. The summed E-state index contributed by atoms with van der Waals surface area (Å²) in [4.78, 5) is 12.3. The molecular weight excluding hydrogens is 377 g/mol. The number of hydrogen-bond acceptors (Lipinski definition) is 4. The van der Waals surface area contributed by atoms with E-state index in [9.17, 15) is 9.18 Å². The van der Waals surface area contributed by atoms with Gasteiger partial charge in [-0.05, 0) is 25.1 Å². The van der Waals surface area contributed by atoms with Crippen molar-refractivity contribution in [2.75, 3.05) is 13.2 Å². The molecule has 1 unspecified atom stereocenters. The second-order valence-corrected chi connectivity index (χ2v) is 8.30. The Balaban J connectivity index is 1.81. The lowest BCUT2D eigenvalue weighted by atomic mass is 9.98. The van der Waals surface area contributed by atoms with Crippen molar-refractivity contribution in [1.29, 1.82) is 0 Å². The van der Waals surface area contributed by atoms with E-state index < -0.39 is 4.87 Å². The highest BCUT2D eigenvalue weighted by atomic mass is 32.2. The summed E-state index contributed by atoms with van der Waals surface area (Å²) in [5.74, 6) is 0.340. The summed E-state index contributed by atoms with van der Waals surface area (Å²) in [6.45, 7) is 3.07. The Morgan fingerprint density at radius 3 is 3.00 bits per heavy atom. The van der Waals surface area contributed by atoms with E-state index in [1.54, 1.807) is 17.1 Å². The van der Waals surface area contributed by atoms with Crippen LogP contribution in [0.4, 0.5) is 4.39 Å². The van der Waals surface area contributed by atoms with E-state index in [-0.39, 0.29) is 11.7 Å². The zero-order valence-corrected chi connectivity index (χ0v) is 16.6. The lowest BCUT2D eigenvalue weighted by Gasteiger charge is -2.39. The van der Waals surface area contributed by atoms with Crippen molar-refractivity contribution in [3.63, 3.8) is 0 Å². The average Bonchev–Trinajstić information content (AvgIpc) is 3.08. The molecule has 1 amide bonds. The molecule has 146 valence electrons. The molecule has 2 heterocycles. The fraction of sp³-hybridized carbons (Fsp3) is 0.333. The minimum atomic E-state index is -0.710. The van der Waals surface area contributed by atoms with E-state index in [4.69, 9.17) is 4.74 Å². The Bertz CT molecular complexity index is 949. The molecule has 3 N–H and O–H groups in total. The Kier molecular flexibility index (Phi) is 5.12. The minimum Gasteiger partial charge on any atom is -0.493 e. The van der Waals surface area contributed by atoms with Crippen molar-refractivity contribution in [3.8, 4) is 5.75 Å². The first-order valence-electron chi connectivity index (χ1n) is 9.44. The number of carbonyl (C=O) groups excluding carboxylic acids is 1. The minimum absolute atomic E-state index is 0.0732. The number of fused-ring (bicyclic) bond motifs is 2. The summed E-state index contributed by atoms with van der Waals surface area (Å²) in [5.41, 5.74) is 6.11. The van der Waals surface area contributed by atoms with Crippen LogP contribution in [0.5, 0.6) is 5.75 Å². The second-order valence-electron chi connectivity index (χ2n) is 7.03. The van der Waals surface area contributed by atoms with Gasteiger partial charge in [0, 0.05) is 30.4 Å². The zero-order valence-electron chi connectivity index (χ0n) is 15.8. The molecule has 2 aromatic carbocycles. The quantitative estimate of drug-likeness (QED) is 0.858. The van der Waals surface area contributed by atoms with Crippen LogP contribution in [0.15, 0.2) is 47.6 Å². The number of thioether (sulfide) groups is 1. The number of halogens is 1. The molecule has 28 heavy (non-hydrogen) atoms. The Morgan fingerprint density at radius 2 is 2.18 bits per heavy atom. The van der Waals surface area contributed by atoms with Gasteiger partial charge in [0.15, 0.2) is 0 Å². The maximum atomic E-state index is 14.6. The highest BCUT2D eigenvalue weighted by molar-refractivity contribution is 8.15. The van der Waals surface area contributed by atoms with Crippen molar-refractivity contribution in [2.45, 2.75) is 31.1 Å². The van der Waals surface area contributed by atoms with Gasteiger partial charge in [0.05, 0.1) is 13.2 Å². The first-order chi connectivity index (χ1) is 13.5. The molecule has 0 radical (unpaired) electrons. The molecular formula is C21H23FN3O2S+. The lowest BCUT2D eigenvalue weighted by molar-refractivity contribution is -0.368. The summed E-state index contributed by atoms with van der Waals surface area (Å²) < 4.78 is 20.4. The SMILES string of the molecule is Cc1ccc(F)c(C2=NN(C(=O)CCC[NH3+])C3(CCOc4ccccc43)S2)c1. The fourth-order valence-corrected chi connectivity index (χ4v) is 5.02. The second kappa shape index (κ2) is 7.56. The first kappa shape index (κ1) is 19.0. The maximum Gasteiger partial charge on any atom is 0.244 e. The fourth-order valence-electron chi connectivity index (χ4n) is 3.62. The molecule has 7 heteroatoms. The Labute approximate surface area is 167 Å². The highest BCUT2D eigenvalue weighted by Crippen LogP contribution is 2.54. The summed E-state index contributed by atoms with van der Waals surface area (Å²) in [6.07, 6.45) is 1.64. The van der Waals surface area contributed by atoms with Crippen LogP contribution in [0.25, 0.3) is 0 Å². The van der Waals surface area contributed by atoms with Crippen LogP contribution < -0.4 is 10.5 Å². The van der Waals surface area contributed by atoms with Gasteiger partial charge in [-0.1, -0.05) is 41.6 Å². The topological polar surface area (TPSA) is 69.5 Å². The smallest absolute Gasteiger partial charge is 0.244 e. The third-order valence-corrected chi connectivity index (χ3v) is 6.46. The van der Waals surface area contributed by atoms with E-state index in [1.165, 1.54) is 17.8 Å². The molecule has 0 bridgehead atoms. The number of quaternary nitrogens is 1. The standard InChI is InChI=1S/C21H22FN3O2S/c1-14-8-9-17(22)15(13-14)20-24-25(19(26)7-4-11-23)21(28-20)10-12-27-18-6-3-2-5-16(18)21/h2-3,5-6,8-9,13H,4,7,10-12,23H2,1H3/p+1. The van der Waals surface area contributed by atoms with Gasteiger partial charge in [-0.15, -0.1) is 0 Å². The average molecular weight is 400 g/mol. The normalized spacial score (nSPS) is 20.7. The van der Waals surface area contributed by atoms with E-state index in [1.807, 2.05) is 31.2 Å². The van der Waals surface area contributed by atoms with Crippen LogP contribution in [0.3, 0.4) is 0 Å². The number of para-hydroxylation sites is 1. The number of aryl methyl sites for hydroxylation is 1. The van der Waals surface area contributed by atoms with Crippen LogP contribution in [0, 0.1) is 12.7 Å².